The third kappa shape index (κ3) is 3.99. The van der Waals surface area contributed by atoms with E-state index in [1.54, 1.807) is 60.7 Å². The molecule has 0 spiro atoms. The number of nitrogens with zero attached hydrogens (tertiary/aromatic N) is 3. The van der Waals surface area contributed by atoms with Crippen molar-refractivity contribution in [2.75, 3.05) is 0 Å². The summed E-state index contributed by atoms with van der Waals surface area (Å²) < 4.78 is 2.40. The molecule has 0 bridgehead atoms. The highest BCUT2D eigenvalue weighted by atomic mass is 127. The molecule has 1 aromatic heterocycles. The molecule has 0 aliphatic heterocycles. The molecule has 0 fully saturated rings. The van der Waals surface area contributed by atoms with E-state index in [1.165, 1.54) is 16.7 Å². The molecule has 8 heteroatoms. The lowest BCUT2D eigenvalue weighted by molar-refractivity contribution is -0.384. The number of fused-ring (bicyclic) bond motifs is 1. The van der Waals surface area contributed by atoms with Gasteiger partial charge in [0.05, 0.1) is 26.5 Å². The summed E-state index contributed by atoms with van der Waals surface area (Å²) >= 11 is 8.53. The Morgan fingerprint density at radius 2 is 1.77 bits per heavy atom. The lowest BCUT2D eigenvalue weighted by Crippen LogP contribution is -2.22. The van der Waals surface area contributed by atoms with Crippen molar-refractivity contribution in [3.8, 4) is 5.69 Å². The van der Waals surface area contributed by atoms with Gasteiger partial charge in [-0.2, -0.15) is 0 Å². The first-order chi connectivity index (χ1) is 14.4. The number of nitro benzene ring substituents is 1. The number of rotatable bonds is 4. The second kappa shape index (κ2) is 8.37. The van der Waals surface area contributed by atoms with Crippen LogP contribution in [0.15, 0.2) is 71.5 Å². The van der Waals surface area contributed by atoms with Crippen LogP contribution in [0.2, 0.25) is 5.02 Å². The Morgan fingerprint density at radius 1 is 1.03 bits per heavy atom. The maximum Gasteiger partial charge on any atom is 0.269 e. The number of non-ortho nitro benzene ring substituents is 1. The van der Waals surface area contributed by atoms with Crippen molar-refractivity contribution >= 4 is 62.9 Å². The first-order valence-electron chi connectivity index (χ1n) is 8.84. The lowest BCUT2D eigenvalue weighted by Gasteiger charge is -2.13. The highest BCUT2D eigenvalue weighted by Gasteiger charge is 2.14. The molecule has 0 atom stereocenters. The first-order valence-corrected chi connectivity index (χ1v) is 10.3. The molecular formula is C22H13ClIN3O3. The van der Waals surface area contributed by atoms with Gasteiger partial charge in [0, 0.05) is 15.7 Å². The van der Waals surface area contributed by atoms with Crippen molar-refractivity contribution in [3.05, 3.63) is 107 Å². The summed E-state index contributed by atoms with van der Waals surface area (Å²) in [6, 6.07) is 18.7. The van der Waals surface area contributed by atoms with E-state index in [0.29, 0.717) is 27.4 Å². The molecule has 148 valence electrons. The molecule has 30 heavy (non-hydrogen) atoms. The minimum absolute atomic E-state index is 0.0126. The molecule has 0 aliphatic carbocycles. The number of nitro groups is 1. The van der Waals surface area contributed by atoms with Gasteiger partial charge in [0.2, 0.25) is 0 Å². The van der Waals surface area contributed by atoms with E-state index < -0.39 is 4.92 Å². The maximum absolute atomic E-state index is 13.3. The van der Waals surface area contributed by atoms with E-state index in [0.717, 1.165) is 9.13 Å². The van der Waals surface area contributed by atoms with Crippen LogP contribution in [0.3, 0.4) is 0 Å². The number of para-hydroxylation sites is 1. The molecular weight excluding hydrogens is 517 g/mol. The number of hydrogen-bond acceptors (Lipinski definition) is 4. The Kier molecular flexibility index (Phi) is 5.65. The molecule has 0 aliphatic rings. The Morgan fingerprint density at radius 3 is 2.47 bits per heavy atom. The summed E-state index contributed by atoms with van der Waals surface area (Å²) in [5, 5.41) is 11.8. The first kappa shape index (κ1) is 20.2. The average Bonchev–Trinajstić information content (AvgIpc) is 2.74. The summed E-state index contributed by atoms with van der Waals surface area (Å²) in [6.45, 7) is 0. The topological polar surface area (TPSA) is 78.0 Å². The van der Waals surface area contributed by atoms with E-state index in [9.17, 15) is 14.9 Å². The van der Waals surface area contributed by atoms with Gasteiger partial charge in [0.15, 0.2) is 0 Å². The summed E-state index contributed by atoms with van der Waals surface area (Å²) in [5.41, 5.74) is 1.63. The van der Waals surface area contributed by atoms with Gasteiger partial charge in [-0.25, -0.2) is 4.98 Å². The zero-order valence-corrected chi connectivity index (χ0v) is 18.2. The maximum atomic E-state index is 13.3. The van der Waals surface area contributed by atoms with E-state index in [1.807, 2.05) is 6.07 Å². The van der Waals surface area contributed by atoms with Crippen LogP contribution in [0, 0.1) is 13.7 Å². The van der Waals surface area contributed by atoms with Gasteiger partial charge in [-0.15, -0.1) is 0 Å². The predicted octanol–water partition coefficient (Wildman–Crippen LogP) is 5.72. The molecule has 1 heterocycles. The molecule has 0 saturated carbocycles. The summed E-state index contributed by atoms with van der Waals surface area (Å²) in [5.74, 6) is 0.403. The molecule has 3 aromatic carbocycles. The second-order valence-electron chi connectivity index (χ2n) is 6.41. The molecule has 0 radical (unpaired) electrons. The normalized spacial score (nSPS) is 11.3. The van der Waals surface area contributed by atoms with E-state index >= 15 is 0 Å². The molecule has 0 amide bonds. The molecule has 0 saturated heterocycles. The van der Waals surface area contributed by atoms with Crippen molar-refractivity contribution in [3.63, 3.8) is 0 Å². The Balaban J connectivity index is 1.90. The van der Waals surface area contributed by atoms with Gasteiger partial charge in [-0.05, 0) is 76.7 Å². The Labute approximate surface area is 189 Å². The predicted molar refractivity (Wildman–Crippen MR) is 127 cm³/mol. The van der Waals surface area contributed by atoms with Crippen LogP contribution in [0.1, 0.15) is 11.4 Å². The summed E-state index contributed by atoms with van der Waals surface area (Å²) in [6.07, 6.45) is 3.45. The van der Waals surface area contributed by atoms with Gasteiger partial charge in [0.1, 0.15) is 5.82 Å². The SMILES string of the molecule is O=c1c2cc(I)ccc2nc(C=Cc2ccc([N+](=O)[O-])cc2)n1-c1ccccc1Cl. The summed E-state index contributed by atoms with van der Waals surface area (Å²) in [4.78, 5) is 28.4. The molecule has 4 rings (SSSR count). The molecule has 0 unspecified atom stereocenters. The van der Waals surface area contributed by atoms with Crippen LogP contribution in [0.25, 0.3) is 28.7 Å². The van der Waals surface area contributed by atoms with Crippen molar-refractivity contribution < 1.29 is 4.92 Å². The smallest absolute Gasteiger partial charge is 0.268 e. The second-order valence-corrected chi connectivity index (χ2v) is 8.06. The Bertz CT molecular complexity index is 1360. The minimum atomic E-state index is -0.450. The quantitative estimate of drug-likeness (QED) is 0.192. The number of halogens is 2. The van der Waals surface area contributed by atoms with Gasteiger partial charge in [0.25, 0.3) is 11.2 Å². The largest absolute Gasteiger partial charge is 0.269 e. The monoisotopic (exact) mass is 529 g/mol. The van der Waals surface area contributed by atoms with Crippen LogP contribution < -0.4 is 5.56 Å². The minimum Gasteiger partial charge on any atom is -0.268 e. The van der Waals surface area contributed by atoms with Crippen molar-refractivity contribution in [2.45, 2.75) is 0 Å². The van der Waals surface area contributed by atoms with Crippen LogP contribution >= 0.6 is 34.2 Å². The molecule has 6 nitrogen and oxygen atoms in total. The standard InChI is InChI=1S/C22H13ClIN3O3/c23-18-3-1-2-4-20(18)26-21(12-7-14-5-9-16(10-6-14)27(29)30)25-19-11-8-15(24)13-17(19)22(26)28/h1-13H. The number of benzene rings is 3. The third-order valence-corrected chi connectivity index (χ3v) is 5.47. The van der Waals surface area contributed by atoms with Crippen LogP contribution in [0.5, 0.6) is 0 Å². The molecule has 0 N–H and O–H groups in total. The van der Waals surface area contributed by atoms with E-state index in [4.69, 9.17) is 11.6 Å². The van der Waals surface area contributed by atoms with Crippen LogP contribution in [-0.2, 0) is 0 Å². The van der Waals surface area contributed by atoms with Crippen molar-refractivity contribution in [1.82, 2.24) is 9.55 Å². The average molecular weight is 530 g/mol. The lowest BCUT2D eigenvalue weighted by atomic mass is 10.2. The highest BCUT2D eigenvalue weighted by Crippen LogP contribution is 2.23. The molecule has 4 aromatic rings. The van der Waals surface area contributed by atoms with E-state index in [2.05, 4.69) is 27.6 Å². The van der Waals surface area contributed by atoms with Gasteiger partial charge >= 0.3 is 0 Å². The van der Waals surface area contributed by atoms with Gasteiger partial charge < -0.3 is 0 Å². The fourth-order valence-corrected chi connectivity index (χ4v) is 3.74. The number of aromatic nitrogens is 2. The van der Waals surface area contributed by atoms with Crippen molar-refractivity contribution in [1.29, 1.82) is 0 Å². The fraction of sp³-hybridized carbons (Fsp3) is 0. The van der Waals surface area contributed by atoms with Gasteiger partial charge in [-0.1, -0.05) is 29.8 Å². The highest BCUT2D eigenvalue weighted by molar-refractivity contribution is 14.1. The zero-order valence-electron chi connectivity index (χ0n) is 15.3. The van der Waals surface area contributed by atoms with Crippen molar-refractivity contribution in [2.24, 2.45) is 0 Å². The van der Waals surface area contributed by atoms with E-state index in [-0.39, 0.29) is 11.2 Å². The Hall–Kier alpha value is -3.04. The van der Waals surface area contributed by atoms with Crippen LogP contribution in [-0.4, -0.2) is 14.5 Å². The number of hydrogen-bond donors (Lipinski definition) is 0. The fourth-order valence-electron chi connectivity index (χ4n) is 3.03. The summed E-state index contributed by atoms with van der Waals surface area (Å²) in [7, 11) is 0. The van der Waals surface area contributed by atoms with Crippen LogP contribution in [0.4, 0.5) is 5.69 Å². The zero-order chi connectivity index (χ0) is 21.3. The van der Waals surface area contributed by atoms with Gasteiger partial charge in [-0.3, -0.25) is 19.5 Å². The third-order valence-electron chi connectivity index (χ3n) is 4.48.